The van der Waals surface area contributed by atoms with Crippen LogP contribution in [-0.4, -0.2) is 48.0 Å². The van der Waals surface area contributed by atoms with Crippen LogP contribution in [-0.2, 0) is 11.2 Å². The number of ether oxygens (including phenoxy) is 1. The monoisotopic (exact) mass is 401 g/mol. The summed E-state index contributed by atoms with van der Waals surface area (Å²) in [6.45, 7) is 2.33. The van der Waals surface area contributed by atoms with E-state index in [1.54, 1.807) is 11.0 Å². The molecule has 1 aromatic heterocycles. The number of morpholine rings is 1. The van der Waals surface area contributed by atoms with E-state index >= 15 is 0 Å². The fourth-order valence-electron chi connectivity index (χ4n) is 3.39. The summed E-state index contributed by atoms with van der Waals surface area (Å²) in [5.74, 6) is -0.485. The maximum absolute atomic E-state index is 12.7. The number of rotatable bonds is 2. The number of amides is 2. The maximum Gasteiger partial charge on any atom is 0.254 e. The Bertz CT molecular complexity index is 891. The Morgan fingerprint density at radius 1 is 1.20 bits per heavy atom. The average Bonchev–Trinajstić information content (AvgIpc) is 2.98. The molecule has 6 nitrogen and oxygen atoms in total. The Morgan fingerprint density at radius 2 is 1.96 bits per heavy atom. The third kappa shape index (κ3) is 2.83. The fourth-order valence-corrected chi connectivity index (χ4v) is 3.79. The number of nitrogens with zero attached hydrogens (tertiary/aromatic N) is 2. The Hall–Kier alpha value is -2.25. The van der Waals surface area contributed by atoms with Gasteiger partial charge in [-0.3, -0.25) is 9.59 Å². The summed E-state index contributed by atoms with van der Waals surface area (Å²) in [5, 5.41) is 0. The maximum atomic E-state index is 12.7. The highest BCUT2D eigenvalue weighted by Crippen LogP contribution is 2.38. The molecule has 1 aliphatic carbocycles. The number of pyridine rings is 1. The second kappa shape index (κ2) is 6.24. The third-order valence-electron chi connectivity index (χ3n) is 4.64. The molecule has 2 heterocycles. The van der Waals surface area contributed by atoms with Crippen molar-refractivity contribution < 1.29 is 14.3 Å². The lowest BCUT2D eigenvalue weighted by molar-refractivity contribution is 0.0303. The van der Waals surface area contributed by atoms with Crippen molar-refractivity contribution in [3.63, 3.8) is 0 Å². The van der Waals surface area contributed by atoms with Gasteiger partial charge in [-0.25, -0.2) is 4.98 Å². The molecule has 2 aliphatic rings. The quantitative estimate of drug-likeness (QED) is 0.665. The molecule has 2 N–H and O–H groups in total. The zero-order valence-electron chi connectivity index (χ0n) is 13.4. The van der Waals surface area contributed by atoms with Crippen LogP contribution in [0.25, 0.3) is 11.3 Å². The predicted molar refractivity (Wildman–Crippen MR) is 95.4 cm³/mol. The number of hydrogen-bond acceptors (Lipinski definition) is 4. The Balaban J connectivity index is 1.75. The molecule has 0 saturated carbocycles. The van der Waals surface area contributed by atoms with E-state index in [2.05, 4.69) is 20.9 Å². The van der Waals surface area contributed by atoms with E-state index in [0.29, 0.717) is 48.5 Å². The number of halogens is 1. The molecule has 0 atom stereocenters. The highest BCUT2D eigenvalue weighted by Gasteiger charge is 2.27. The number of aromatic nitrogens is 1. The zero-order valence-corrected chi connectivity index (χ0v) is 15.0. The van der Waals surface area contributed by atoms with Crippen molar-refractivity contribution in [3.05, 3.63) is 51.1 Å². The van der Waals surface area contributed by atoms with E-state index in [1.165, 1.54) is 0 Å². The minimum Gasteiger partial charge on any atom is -0.378 e. The van der Waals surface area contributed by atoms with Crippen molar-refractivity contribution in [2.45, 2.75) is 6.42 Å². The number of primary amides is 1. The minimum absolute atomic E-state index is 0.00956. The molecule has 7 heteroatoms. The van der Waals surface area contributed by atoms with Gasteiger partial charge >= 0.3 is 0 Å². The van der Waals surface area contributed by atoms with Crippen LogP contribution in [0.1, 0.15) is 31.8 Å². The highest BCUT2D eigenvalue weighted by molar-refractivity contribution is 9.10. The average molecular weight is 402 g/mol. The van der Waals surface area contributed by atoms with Crippen LogP contribution in [0.4, 0.5) is 0 Å². The molecule has 2 amide bonds. The topological polar surface area (TPSA) is 85.5 Å². The molecule has 4 rings (SSSR count). The zero-order chi connectivity index (χ0) is 17.6. The third-order valence-corrected chi connectivity index (χ3v) is 5.04. The van der Waals surface area contributed by atoms with E-state index in [9.17, 15) is 9.59 Å². The molecule has 1 saturated heterocycles. The number of fused-ring (bicyclic) bond motifs is 3. The smallest absolute Gasteiger partial charge is 0.254 e. The van der Waals surface area contributed by atoms with Crippen LogP contribution < -0.4 is 5.73 Å². The van der Waals surface area contributed by atoms with Crippen molar-refractivity contribution in [1.29, 1.82) is 0 Å². The highest BCUT2D eigenvalue weighted by atomic mass is 79.9. The summed E-state index contributed by atoms with van der Waals surface area (Å²) in [7, 11) is 0. The lowest BCUT2D eigenvalue weighted by atomic mass is 10.0. The Morgan fingerprint density at radius 3 is 2.68 bits per heavy atom. The van der Waals surface area contributed by atoms with Crippen LogP contribution >= 0.6 is 15.9 Å². The van der Waals surface area contributed by atoms with Gasteiger partial charge < -0.3 is 15.4 Å². The number of benzene rings is 1. The van der Waals surface area contributed by atoms with E-state index in [1.807, 2.05) is 18.2 Å². The normalized spacial score (nSPS) is 15.6. The molecule has 1 aromatic carbocycles. The number of hydrogen-bond donors (Lipinski definition) is 1. The number of nitrogens with two attached hydrogens (primary N) is 1. The first kappa shape index (κ1) is 16.2. The van der Waals surface area contributed by atoms with E-state index in [0.717, 1.165) is 22.4 Å². The van der Waals surface area contributed by atoms with Crippen LogP contribution in [0.5, 0.6) is 0 Å². The molecule has 0 spiro atoms. The molecule has 1 fully saturated rings. The van der Waals surface area contributed by atoms with Gasteiger partial charge in [-0.15, -0.1) is 0 Å². The van der Waals surface area contributed by atoms with Gasteiger partial charge in [0.2, 0.25) is 5.91 Å². The predicted octanol–water partition coefficient (Wildman–Crippen LogP) is 1.99. The first-order chi connectivity index (χ1) is 12.0. The van der Waals surface area contributed by atoms with Crippen molar-refractivity contribution >= 4 is 27.7 Å². The van der Waals surface area contributed by atoms with Crippen molar-refractivity contribution in [2.75, 3.05) is 26.3 Å². The molecule has 0 unspecified atom stereocenters. The summed E-state index contributed by atoms with van der Waals surface area (Å²) >= 11 is 3.34. The summed E-state index contributed by atoms with van der Waals surface area (Å²) in [5.41, 5.74) is 10.1. The van der Waals surface area contributed by atoms with Crippen molar-refractivity contribution in [1.82, 2.24) is 9.88 Å². The standard InChI is InChI=1S/C18H16BrN3O3/c19-15-9-14(17(20)23)13-7-10-1-2-11(8-12(10)16(13)21-15)18(24)22-3-5-25-6-4-22/h1-2,8-9H,3-7H2,(H2,20,23). The lowest BCUT2D eigenvalue weighted by Crippen LogP contribution is -2.40. The molecule has 0 radical (unpaired) electrons. The van der Waals surface area contributed by atoms with Gasteiger partial charge in [0, 0.05) is 36.2 Å². The Labute approximate surface area is 153 Å². The SMILES string of the molecule is NC(=O)c1cc(Br)nc2c1Cc1ccc(C(=O)N3CCOCC3)cc1-2. The van der Waals surface area contributed by atoms with E-state index in [-0.39, 0.29) is 5.91 Å². The first-order valence-electron chi connectivity index (χ1n) is 8.04. The van der Waals surface area contributed by atoms with Crippen LogP contribution in [0.15, 0.2) is 28.9 Å². The molecular weight excluding hydrogens is 386 g/mol. The Kier molecular flexibility index (Phi) is 4.05. The van der Waals surface area contributed by atoms with Crippen LogP contribution in [0.2, 0.25) is 0 Å². The van der Waals surface area contributed by atoms with E-state index in [4.69, 9.17) is 10.5 Å². The molecule has 2 aromatic rings. The lowest BCUT2D eigenvalue weighted by Gasteiger charge is -2.27. The van der Waals surface area contributed by atoms with Gasteiger partial charge in [0.05, 0.1) is 18.9 Å². The van der Waals surface area contributed by atoms with Crippen molar-refractivity contribution in [3.8, 4) is 11.3 Å². The van der Waals surface area contributed by atoms with Crippen LogP contribution in [0.3, 0.4) is 0 Å². The molecule has 25 heavy (non-hydrogen) atoms. The summed E-state index contributed by atoms with van der Waals surface area (Å²) in [4.78, 5) is 30.8. The van der Waals surface area contributed by atoms with E-state index < -0.39 is 5.91 Å². The second-order valence-corrected chi connectivity index (χ2v) is 6.95. The summed E-state index contributed by atoms with van der Waals surface area (Å²) in [6.07, 6.45) is 0.593. The van der Waals surface area contributed by atoms with Gasteiger partial charge in [-0.2, -0.15) is 0 Å². The van der Waals surface area contributed by atoms with Gasteiger partial charge in [0.1, 0.15) is 4.60 Å². The molecule has 1 aliphatic heterocycles. The van der Waals surface area contributed by atoms with Crippen LogP contribution in [0, 0.1) is 0 Å². The van der Waals surface area contributed by atoms with Gasteiger partial charge in [-0.05, 0) is 45.3 Å². The second-order valence-electron chi connectivity index (χ2n) is 6.14. The van der Waals surface area contributed by atoms with Gasteiger partial charge in [0.15, 0.2) is 0 Å². The number of carbonyl (C=O) groups excluding carboxylic acids is 2. The van der Waals surface area contributed by atoms with Gasteiger partial charge in [-0.1, -0.05) is 6.07 Å². The molecule has 128 valence electrons. The number of carbonyl (C=O) groups is 2. The van der Waals surface area contributed by atoms with Crippen molar-refractivity contribution in [2.24, 2.45) is 5.73 Å². The molecule has 0 bridgehead atoms. The largest absolute Gasteiger partial charge is 0.378 e. The van der Waals surface area contributed by atoms with Gasteiger partial charge in [0.25, 0.3) is 5.91 Å². The first-order valence-corrected chi connectivity index (χ1v) is 8.83. The molecular formula is C18H16BrN3O3. The minimum atomic E-state index is -0.475. The fraction of sp³-hybridized carbons (Fsp3) is 0.278. The summed E-state index contributed by atoms with van der Waals surface area (Å²) in [6, 6.07) is 7.28. The summed E-state index contributed by atoms with van der Waals surface area (Å²) < 4.78 is 5.86.